The standard InChI is InChI=1S/C13H27N3/c1-15(2)13(11-4-7-14-8-5-11)12-6-9-16(3)10-12/h11-14H,4-10H2,1-3H3. The van der Waals surface area contributed by atoms with Crippen molar-refractivity contribution in [2.75, 3.05) is 47.3 Å². The van der Waals surface area contributed by atoms with Crippen molar-refractivity contribution in [3.05, 3.63) is 0 Å². The van der Waals surface area contributed by atoms with Crippen LogP contribution in [0.3, 0.4) is 0 Å². The molecule has 0 aromatic heterocycles. The molecule has 2 aliphatic rings. The normalized spacial score (nSPS) is 31.1. The average molecular weight is 225 g/mol. The van der Waals surface area contributed by atoms with Crippen molar-refractivity contribution >= 4 is 0 Å². The summed E-state index contributed by atoms with van der Waals surface area (Å²) in [5.74, 6) is 1.80. The van der Waals surface area contributed by atoms with Crippen LogP contribution in [0.2, 0.25) is 0 Å². The molecule has 3 heteroatoms. The first kappa shape index (κ1) is 12.3. The number of hydrogen-bond acceptors (Lipinski definition) is 3. The fourth-order valence-electron chi connectivity index (χ4n) is 3.66. The number of hydrogen-bond donors (Lipinski definition) is 1. The van der Waals surface area contributed by atoms with E-state index in [4.69, 9.17) is 0 Å². The topological polar surface area (TPSA) is 18.5 Å². The molecule has 2 rings (SSSR count). The van der Waals surface area contributed by atoms with Crippen LogP contribution in [0, 0.1) is 11.8 Å². The Labute approximate surface area is 100 Å². The van der Waals surface area contributed by atoms with Crippen LogP contribution in [-0.2, 0) is 0 Å². The lowest BCUT2D eigenvalue weighted by molar-refractivity contribution is 0.120. The third-order valence-corrected chi connectivity index (χ3v) is 4.37. The largest absolute Gasteiger partial charge is 0.317 e. The van der Waals surface area contributed by atoms with Gasteiger partial charge < -0.3 is 15.1 Å². The van der Waals surface area contributed by atoms with Gasteiger partial charge in [0, 0.05) is 12.6 Å². The predicted octanol–water partition coefficient (Wildman–Crippen LogP) is 0.868. The maximum Gasteiger partial charge on any atom is 0.0159 e. The van der Waals surface area contributed by atoms with Crippen LogP contribution in [0.25, 0.3) is 0 Å². The van der Waals surface area contributed by atoms with Crippen molar-refractivity contribution in [2.24, 2.45) is 11.8 Å². The first-order valence-electron chi connectivity index (χ1n) is 6.74. The Morgan fingerprint density at radius 1 is 1.12 bits per heavy atom. The minimum Gasteiger partial charge on any atom is -0.317 e. The summed E-state index contributed by atoms with van der Waals surface area (Å²) in [6, 6.07) is 0.798. The van der Waals surface area contributed by atoms with E-state index in [9.17, 15) is 0 Å². The van der Waals surface area contributed by atoms with Crippen LogP contribution in [0.4, 0.5) is 0 Å². The molecule has 0 saturated carbocycles. The molecule has 3 nitrogen and oxygen atoms in total. The van der Waals surface area contributed by atoms with Crippen LogP contribution >= 0.6 is 0 Å². The van der Waals surface area contributed by atoms with E-state index in [1.165, 1.54) is 45.4 Å². The van der Waals surface area contributed by atoms with Gasteiger partial charge in [-0.2, -0.15) is 0 Å². The molecule has 0 bridgehead atoms. The summed E-state index contributed by atoms with van der Waals surface area (Å²) in [7, 11) is 6.80. The molecule has 94 valence electrons. The Hall–Kier alpha value is -0.120. The summed E-state index contributed by atoms with van der Waals surface area (Å²) in [5, 5.41) is 3.48. The van der Waals surface area contributed by atoms with Gasteiger partial charge in [-0.25, -0.2) is 0 Å². The van der Waals surface area contributed by atoms with Crippen LogP contribution in [-0.4, -0.2) is 63.2 Å². The molecular weight excluding hydrogens is 198 g/mol. The fourth-order valence-corrected chi connectivity index (χ4v) is 3.66. The van der Waals surface area contributed by atoms with Gasteiger partial charge in [-0.1, -0.05) is 0 Å². The second-order valence-corrected chi connectivity index (χ2v) is 5.85. The lowest BCUT2D eigenvalue weighted by Gasteiger charge is -2.39. The van der Waals surface area contributed by atoms with Crippen LogP contribution in [0.5, 0.6) is 0 Å². The highest BCUT2D eigenvalue weighted by atomic mass is 15.2. The van der Waals surface area contributed by atoms with E-state index in [2.05, 4.69) is 36.3 Å². The molecule has 0 aromatic rings. The quantitative estimate of drug-likeness (QED) is 0.769. The number of likely N-dealkylation sites (tertiary alicyclic amines) is 1. The van der Waals surface area contributed by atoms with Gasteiger partial charge >= 0.3 is 0 Å². The summed E-state index contributed by atoms with van der Waals surface area (Å²) >= 11 is 0. The minimum absolute atomic E-state index is 0.798. The molecule has 2 fully saturated rings. The van der Waals surface area contributed by atoms with Gasteiger partial charge in [0.1, 0.15) is 0 Å². The highest BCUT2D eigenvalue weighted by molar-refractivity contribution is 4.90. The SMILES string of the molecule is CN1CCC(C(C2CCNCC2)N(C)C)C1. The highest BCUT2D eigenvalue weighted by Gasteiger charge is 2.34. The molecular formula is C13H27N3. The Kier molecular flexibility index (Phi) is 4.22. The summed E-state index contributed by atoms with van der Waals surface area (Å²) in [6.45, 7) is 5.03. The lowest BCUT2D eigenvalue weighted by atomic mass is 9.81. The summed E-state index contributed by atoms with van der Waals surface area (Å²) in [4.78, 5) is 4.97. The number of nitrogens with zero attached hydrogens (tertiary/aromatic N) is 2. The maximum absolute atomic E-state index is 3.48. The van der Waals surface area contributed by atoms with Crippen molar-refractivity contribution in [3.63, 3.8) is 0 Å². The molecule has 2 saturated heterocycles. The zero-order valence-electron chi connectivity index (χ0n) is 11.1. The first-order valence-corrected chi connectivity index (χ1v) is 6.74. The van der Waals surface area contributed by atoms with Crippen LogP contribution in [0.15, 0.2) is 0 Å². The molecule has 2 unspecified atom stereocenters. The first-order chi connectivity index (χ1) is 7.68. The maximum atomic E-state index is 3.48. The Bertz CT molecular complexity index is 206. The third kappa shape index (κ3) is 2.76. The lowest BCUT2D eigenvalue weighted by Crippen LogP contribution is -2.46. The van der Waals surface area contributed by atoms with Crippen molar-refractivity contribution < 1.29 is 0 Å². The third-order valence-electron chi connectivity index (χ3n) is 4.37. The molecule has 0 spiro atoms. The zero-order chi connectivity index (χ0) is 11.5. The molecule has 16 heavy (non-hydrogen) atoms. The Balaban J connectivity index is 1.98. The number of piperidine rings is 1. The van der Waals surface area contributed by atoms with E-state index >= 15 is 0 Å². The van der Waals surface area contributed by atoms with Gasteiger partial charge in [-0.15, -0.1) is 0 Å². The number of nitrogens with one attached hydrogen (secondary N) is 1. The van der Waals surface area contributed by atoms with Crippen molar-refractivity contribution in [2.45, 2.75) is 25.3 Å². The van der Waals surface area contributed by atoms with E-state index in [0.717, 1.165) is 17.9 Å². The summed E-state index contributed by atoms with van der Waals surface area (Å²) in [6.07, 6.45) is 4.12. The molecule has 0 aromatic carbocycles. The Morgan fingerprint density at radius 3 is 2.31 bits per heavy atom. The highest BCUT2D eigenvalue weighted by Crippen LogP contribution is 2.30. The van der Waals surface area contributed by atoms with Gasteiger partial charge in [-0.3, -0.25) is 0 Å². The molecule has 2 aliphatic heterocycles. The van der Waals surface area contributed by atoms with Crippen molar-refractivity contribution in [1.29, 1.82) is 0 Å². The zero-order valence-corrected chi connectivity index (χ0v) is 11.1. The van der Waals surface area contributed by atoms with Crippen LogP contribution in [0.1, 0.15) is 19.3 Å². The molecule has 0 radical (unpaired) electrons. The van der Waals surface area contributed by atoms with Crippen molar-refractivity contribution in [1.82, 2.24) is 15.1 Å². The second kappa shape index (κ2) is 5.48. The smallest absolute Gasteiger partial charge is 0.0159 e. The Morgan fingerprint density at radius 2 is 1.81 bits per heavy atom. The van der Waals surface area contributed by atoms with E-state index < -0.39 is 0 Å². The summed E-state index contributed by atoms with van der Waals surface area (Å²) < 4.78 is 0. The van der Waals surface area contributed by atoms with E-state index in [0.29, 0.717) is 0 Å². The number of rotatable bonds is 3. The minimum atomic E-state index is 0.798. The molecule has 0 aliphatic carbocycles. The summed E-state index contributed by atoms with van der Waals surface area (Å²) in [5.41, 5.74) is 0. The fraction of sp³-hybridized carbons (Fsp3) is 1.00. The van der Waals surface area contributed by atoms with E-state index in [1.807, 2.05) is 0 Å². The van der Waals surface area contributed by atoms with Gasteiger partial charge in [0.2, 0.25) is 0 Å². The van der Waals surface area contributed by atoms with E-state index in [-0.39, 0.29) is 0 Å². The molecule has 0 amide bonds. The predicted molar refractivity (Wildman–Crippen MR) is 68.7 cm³/mol. The van der Waals surface area contributed by atoms with Gasteiger partial charge in [0.15, 0.2) is 0 Å². The molecule has 1 N–H and O–H groups in total. The van der Waals surface area contributed by atoms with Gasteiger partial charge in [0.05, 0.1) is 0 Å². The monoisotopic (exact) mass is 225 g/mol. The average Bonchev–Trinajstić information content (AvgIpc) is 2.66. The second-order valence-electron chi connectivity index (χ2n) is 5.85. The molecule has 2 atom stereocenters. The van der Waals surface area contributed by atoms with Gasteiger partial charge in [-0.05, 0) is 71.9 Å². The van der Waals surface area contributed by atoms with E-state index in [1.54, 1.807) is 0 Å². The van der Waals surface area contributed by atoms with Gasteiger partial charge in [0.25, 0.3) is 0 Å². The molecule has 2 heterocycles. The van der Waals surface area contributed by atoms with Crippen molar-refractivity contribution in [3.8, 4) is 0 Å². The van der Waals surface area contributed by atoms with Crippen LogP contribution < -0.4 is 5.32 Å².